The number of hydrogen-bond acceptors (Lipinski definition) is 1. The van der Waals surface area contributed by atoms with Crippen molar-refractivity contribution in [3.8, 4) is 0 Å². The molecule has 1 nitrogen and oxygen atoms in total. The molecule has 1 aromatic rings. The van der Waals surface area contributed by atoms with Crippen LogP contribution in [0.15, 0.2) is 18.2 Å². The second-order valence-electron chi connectivity index (χ2n) is 3.58. The molecule has 0 unspecified atom stereocenters. The van der Waals surface area contributed by atoms with Crippen LogP contribution in [-0.2, 0) is 5.60 Å². The Morgan fingerprint density at radius 3 is 2.25 bits per heavy atom. The minimum absolute atomic E-state index is 0.673. The molecule has 0 saturated carbocycles. The third-order valence-corrected chi connectivity index (χ3v) is 1.97. The molecule has 0 saturated heterocycles. The van der Waals surface area contributed by atoms with E-state index in [9.17, 15) is 5.11 Å². The van der Waals surface area contributed by atoms with Gasteiger partial charge < -0.3 is 5.11 Å². The van der Waals surface area contributed by atoms with Crippen molar-refractivity contribution in [3.63, 3.8) is 0 Å². The highest BCUT2D eigenvalue weighted by Crippen LogP contribution is 2.24. The lowest BCUT2D eigenvalue weighted by atomic mass is 9.97. The highest BCUT2D eigenvalue weighted by molar-refractivity contribution is 6.30. The zero-order valence-corrected chi connectivity index (χ0v) is 8.31. The molecule has 0 radical (unpaired) electrons. The molecule has 1 rings (SSSR count). The Hall–Kier alpha value is -0.530. The first-order valence-electron chi connectivity index (χ1n) is 3.89. The minimum Gasteiger partial charge on any atom is -0.386 e. The summed E-state index contributed by atoms with van der Waals surface area (Å²) >= 11 is 5.85. The summed E-state index contributed by atoms with van der Waals surface area (Å²) in [5.74, 6) is 0. The van der Waals surface area contributed by atoms with Gasteiger partial charge >= 0.3 is 0 Å². The molecule has 0 aliphatic carbocycles. The minimum atomic E-state index is -0.810. The second kappa shape index (κ2) is 3.08. The molecular formula is C10H13ClO. The monoisotopic (exact) mass is 184 g/mol. The Bertz CT molecular complexity index is 266. The van der Waals surface area contributed by atoms with Crippen LogP contribution >= 0.6 is 11.6 Å². The van der Waals surface area contributed by atoms with Crippen molar-refractivity contribution in [2.45, 2.75) is 26.4 Å². The van der Waals surface area contributed by atoms with Crippen LogP contribution in [0.25, 0.3) is 0 Å². The average molecular weight is 185 g/mol. The van der Waals surface area contributed by atoms with Crippen molar-refractivity contribution in [1.82, 2.24) is 0 Å². The third kappa shape index (κ3) is 2.23. The smallest absolute Gasteiger partial charge is 0.0841 e. The van der Waals surface area contributed by atoms with Gasteiger partial charge in [0.05, 0.1) is 5.60 Å². The number of benzene rings is 1. The van der Waals surface area contributed by atoms with E-state index in [1.54, 1.807) is 19.9 Å². The van der Waals surface area contributed by atoms with E-state index in [0.29, 0.717) is 5.02 Å². The molecule has 0 aromatic heterocycles. The van der Waals surface area contributed by atoms with Crippen LogP contribution in [-0.4, -0.2) is 5.11 Å². The molecule has 0 aliphatic heterocycles. The van der Waals surface area contributed by atoms with Crippen molar-refractivity contribution >= 4 is 11.6 Å². The fraction of sp³-hybridized carbons (Fsp3) is 0.400. The van der Waals surface area contributed by atoms with Gasteiger partial charge in [0.15, 0.2) is 0 Å². The average Bonchev–Trinajstić information content (AvgIpc) is 1.82. The van der Waals surface area contributed by atoms with E-state index in [1.165, 1.54) is 0 Å². The topological polar surface area (TPSA) is 20.2 Å². The van der Waals surface area contributed by atoms with Gasteiger partial charge in [0, 0.05) is 5.02 Å². The predicted octanol–water partition coefficient (Wildman–Crippen LogP) is 2.88. The summed E-state index contributed by atoms with van der Waals surface area (Å²) in [6.45, 7) is 5.46. The summed E-state index contributed by atoms with van der Waals surface area (Å²) in [5.41, 5.74) is 1.11. The zero-order valence-electron chi connectivity index (χ0n) is 7.56. The highest BCUT2D eigenvalue weighted by atomic mass is 35.5. The number of aryl methyl sites for hydroxylation is 1. The summed E-state index contributed by atoms with van der Waals surface area (Å²) in [5, 5.41) is 10.4. The molecule has 0 atom stereocenters. The lowest BCUT2D eigenvalue weighted by Gasteiger charge is -2.18. The third-order valence-electron chi connectivity index (χ3n) is 1.75. The fourth-order valence-corrected chi connectivity index (χ4v) is 1.38. The molecule has 66 valence electrons. The van der Waals surface area contributed by atoms with Gasteiger partial charge in [-0.15, -0.1) is 0 Å². The van der Waals surface area contributed by atoms with E-state index >= 15 is 0 Å². The van der Waals surface area contributed by atoms with Crippen molar-refractivity contribution in [3.05, 3.63) is 34.3 Å². The van der Waals surface area contributed by atoms with E-state index in [-0.39, 0.29) is 0 Å². The standard InChI is InChI=1S/C10H13ClO/c1-7-4-8(10(2,3)12)6-9(11)5-7/h4-6,12H,1-3H3. The molecule has 2 heteroatoms. The second-order valence-corrected chi connectivity index (χ2v) is 4.01. The molecule has 0 amide bonds. The van der Waals surface area contributed by atoms with Crippen LogP contribution in [0.1, 0.15) is 25.0 Å². The molecule has 0 heterocycles. The molecule has 1 N–H and O–H groups in total. The predicted molar refractivity (Wildman–Crippen MR) is 51.4 cm³/mol. The van der Waals surface area contributed by atoms with Gasteiger partial charge in [-0.2, -0.15) is 0 Å². The summed E-state index contributed by atoms with van der Waals surface area (Å²) in [4.78, 5) is 0. The quantitative estimate of drug-likeness (QED) is 0.712. The highest BCUT2D eigenvalue weighted by Gasteiger charge is 2.16. The Balaban J connectivity index is 3.18. The van der Waals surface area contributed by atoms with E-state index < -0.39 is 5.60 Å². The van der Waals surface area contributed by atoms with E-state index in [1.807, 2.05) is 19.1 Å². The van der Waals surface area contributed by atoms with Crippen LogP contribution in [0, 0.1) is 6.92 Å². The van der Waals surface area contributed by atoms with Gasteiger partial charge in [-0.25, -0.2) is 0 Å². The van der Waals surface area contributed by atoms with Crippen LogP contribution in [0.5, 0.6) is 0 Å². The van der Waals surface area contributed by atoms with Gasteiger partial charge in [0.1, 0.15) is 0 Å². The van der Waals surface area contributed by atoms with Gasteiger partial charge in [0.25, 0.3) is 0 Å². The van der Waals surface area contributed by atoms with E-state index in [2.05, 4.69) is 0 Å². The molecule has 0 fully saturated rings. The number of halogens is 1. The summed E-state index contributed by atoms with van der Waals surface area (Å²) in [6.07, 6.45) is 0. The maximum Gasteiger partial charge on any atom is 0.0841 e. The van der Waals surface area contributed by atoms with Crippen molar-refractivity contribution in [1.29, 1.82) is 0 Å². The number of aliphatic hydroxyl groups is 1. The van der Waals surface area contributed by atoms with Crippen LogP contribution < -0.4 is 0 Å². The van der Waals surface area contributed by atoms with Gasteiger partial charge in [-0.3, -0.25) is 0 Å². The lowest BCUT2D eigenvalue weighted by molar-refractivity contribution is 0.0785. The van der Waals surface area contributed by atoms with Crippen molar-refractivity contribution in [2.24, 2.45) is 0 Å². The van der Waals surface area contributed by atoms with Crippen molar-refractivity contribution < 1.29 is 5.11 Å². The number of rotatable bonds is 1. The van der Waals surface area contributed by atoms with Gasteiger partial charge in [0.2, 0.25) is 0 Å². The maximum atomic E-state index is 9.68. The maximum absolute atomic E-state index is 9.68. The van der Waals surface area contributed by atoms with Crippen LogP contribution in [0.4, 0.5) is 0 Å². The lowest BCUT2D eigenvalue weighted by Crippen LogP contribution is -2.15. The Morgan fingerprint density at radius 1 is 1.25 bits per heavy atom. The van der Waals surface area contributed by atoms with E-state index in [0.717, 1.165) is 11.1 Å². The molecule has 0 spiro atoms. The Labute approximate surface area is 78.0 Å². The Morgan fingerprint density at radius 2 is 1.83 bits per heavy atom. The van der Waals surface area contributed by atoms with Gasteiger partial charge in [-0.1, -0.05) is 17.7 Å². The summed E-state index contributed by atoms with van der Waals surface area (Å²) < 4.78 is 0. The molecule has 0 bridgehead atoms. The molecule has 0 aliphatic rings. The number of hydrogen-bond donors (Lipinski definition) is 1. The normalized spacial score (nSPS) is 11.8. The van der Waals surface area contributed by atoms with Gasteiger partial charge in [-0.05, 0) is 44.0 Å². The summed E-state index contributed by atoms with van der Waals surface area (Å²) in [6, 6.07) is 5.59. The van der Waals surface area contributed by atoms with E-state index in [4.69, 9.17) is 11.6 Å². The first-order valence-corrected chi connectivity index (χ1v) is 4.27. The SMILES string of the molecule is Cc1cc(Cl)cc(C(C)(C)O)c1. The first kappa shape index (κ1) is 9.56. The molecular weight excluding hydrogens is 172 g/mol. The zero-order chi connectivity index (χ0) is 9.35. The molecule has 12 heavy (non-hydrogen) atoms. The van der Waals surface area contributed by atoms with Crippen LogP contribution in [0.3, 0.4) is 0 Å². The fourth-order valence-electron chi connectivity index (χ4n) is 1.09. The largest absolute Gasteiger partial charge is 0.386 e. The van der Waals surface area contributed by atoms with Crippen LogP contribution in [0.2, 0.25) is 5.02 Å². The Kier molecular flexibility index (Phi) is 2.45. The molecule has 1 aromatic carbocycles. The summed E-state index contributed by atoms with van der Waals surface area (Å²) in [7, 11) is 0. The van der Waals surface area contributed by atoms with Crippen molar-refractivity contribution in [2.75, 3.05) is 0 Å². The first-order chi connectivity index (χ1) is 5.39.